The average Bonchev–Trinajstić information content (AvgIpc) is 3.33. The molecule has 2 rings (SSSR count). The number of carbonyl (C=O) groups excluding carboxylic acids is 2. The summed E-state index contributed by atoms with van der Waals surface area (Å²) >= 11 is 1.76. The van der Waals surface area contributed by atoms with E-state index in [2.05, 4.69) is 5.32 Å². The standard InChI is InChI=1S/C19H32N2O5S/c1-26-19(25)15(21-18(24)14(20)10-16(22)23)11-27-17(12-6-2-3-7-12)13-8-4-5-9-13/h12-15,17H,2-11,20H2,1H3,(H,21,24)(H,22,23)/t14-,15-/m0/s1. The molecule has 0 radical (unpaired) electrons. The molecule has 2 aliphatic carbocycles. The van der Waals surface area contributed by atoms with Gasteiger partial charge in [-0.25, -0.2) is 4.79 Å². The van der Waals surface area contributed by atoms with Crippen molar-refractivity contribution in [3.8, 4) is 0 Å². The molecule has 2 saturated carbocycles. The second-order valence-corrected chi connectivity index (χ2v) is 8.89. The third-order valence-electron chi connectivity index (χ3n) is 5.72. The van der Waals surface area contributed by atoms with Crippen molar-refractivity contribution < 1.29 is 24.2 Å². The number of nitrogens with one attached hydrogen (secondary N) is 1. The first-order valence-electron chi connectivity index (χ1n) is 9.89. The van der Waals surface area contributed by atoms with Gasteiger partial charge in [0.05, 0.1) is 19.6 Å². The van der Waals surface area contributed by atoms with Crippen LogP contribution in [0.5, 0.6) is 0 Å². The van der Waals surface area contributed by atoms with Gasteiger partial charge in [-0.15, -0.1) is 0 Å². The van der Waals surface area contributed by atoms with Gasteiger partial charge in [0, 0.05) is 11.0 Å². The van der Waals surface area contributed by atoms with Gasteiger partial charge in [0.15, 0.2) is 0 Å². The minimum absolute atomic E-state index is 0.426. The van der Waals surface area contributed by atoms with Crippen molar-refractivity contribution in [1.82, 2.24) is 5.32 Å². The minimum Gasteiger partial charge on any atom is -0.481 e. The Morgan fingerprint density at radius 1 is 1.11 bits per heavy atom. The molecule has 0 spiro atoms. The predicted octanol–water partition coefficient (Wildman–Crippen LogP) is 1.93. The molecule has 0 aromatic heterocycles. The summed E-state index contributed by atoms with van der Waals surface area (Å²) in [5.74, 6) is -0.510. The van der Waals surface area contributed by atoms with Crippen molar-refractivity contribution in [3.05, 3.63) is 0 Å². The number of ether oxygens (including phenoxy) is 1. The second kappa shape index (κ2) is 10.9. The zero-order chi connectivity index (χ0) is 19.8. The smallest absolute Gasteiger partial charge is 0.329 e. The van der Waals surface area contributed by atoms with Crippen LogP contribution in [0.1, 0.15) is 57.8 Å². The Balaban J connectivity index is 1.97. The Morgan fingerprint density at radius 2 is 1.63 bits per heavy atom. The van der Waals surface area contributed by atoms with E-state index in [-0.39, 0.29) is 0 Å². The van der Waals surface area contributed by atoms with Crippen molar-refractivity contribution in [3.63, 3.8) is 0 Å². The van der Waals surface area contributed by atoms with Gasteiger partial charge >= 0.3 is 11.9 Å². The van der Waals surface area contributed by atoms with Crippen LogP contribution in [0, 0.1) is 11.8 Å². The molecule has 0 aromatic rings. The highest BCUT2D eigenvalue weighted by Crippen LogP contribution is 2.43. The quantitative estimate of drug-likeness (QED) is 0.479. The fraction of sp³-hybridized carbons (Fsp3) is 0.842. The van der Waals surface area contributed by atoms with E-state index in [4.69, 9.17) is 15.6 Å². The number of thioether (sulfide) groups is 1. The van der Waals surface area contributed by atoms with Gasteiger partial charge in [0.1, 0.15) is 6.04 Å². The Bertz CT molecular complexity index is 502. The highest BCUT2D eigenvalue weighted by molar-refractivity contribution is 8.00. The van der Waals surface area contributed by atoms with Gasteiger partial charge in [-0.05, 0) is 37.5 Å². The van der Waals surface area contributed by atoms with E-state index in [1.54, 1.807) is 11.8 Å². The normalized spacial score (nSPS) is 20.6. The molecule has 1 amide bonds. The molecule has 0 aromatic carbocycles. The van der Waals surface area contributed by atoms with Crippen LogP contribution in [-0.2, 0) is 19.1 Å². The van der Waals surface area contributed by atoms with Crippen LogP contribution in [0.25, 0.3) is 0 Å². The largest absolute Gasteiger partial charge is 0.481 e. The number of nitrogens with two attached hydrogens (primary N) is 1. The van der Waals surface area contributed by atoms with Crippen LogP contribution in [0.15, 0.2) is 0 Å². The van der Waals surface area contributed by atoms with E-state index in [9.17, 15) is 14.4 Å². The Kier molecular flexibility index (Phi) is 8.89. The maximum atomic E-state index is 12.1. The number of carboxylic acids is 1. The van der Waals surface area contributed by atoms with E-state index in [1.165, 1.54) is 58.5 Å². The van der Waals surface area contributed by atoms with Crippen molar-refractivity contribution >= 4 is 29.6 Å². The third-order valence-corrected chi connectivity index (χ3v) is 7.40. The second-order valence-electron chi connectivity index (χ2n) is 7.68. The van der Waals surface area contributed by atoms with Gasteiger partial charge in [0.2, 0.25) is 5.91 Å². The van der Waals surface area contributed by atoms with E-state index >= 15 is 0 Å². The number of hydrogen-bond acceptors (Lipinski definition) is 6. The molecule has 0 heterocycles. The molecule has 4 N–H and O–H groups in total. The lowest BCUT2D eigenvalue weighted by Gasteiger charge is -2.30. The number of amides is 1. The Labute approximate surface area is 165 Å². The fourth-order valence-electron chi connectivity index (χ4n) is 4.31. The number of carbonyl (C=O) groups is 3. The van der Waals surface area contributed by atoms with E-state index in [0.717, 1.165) is 0 Å². The monoisotopic (exact) mass is 400 g/mol. The first-order valence-corrected chi connectivity index (χ1v) is 10.9. The van der Waals surface area contributed by atoms with E-state index < -0.39 is 36.4 Å². The summed E-state index contributed by atoms with van der Waals surface area (Å²) in [6, 6.07) is -1.99. The highest BCUT2D eigenvalue weighted by atomic mass is 32.2. The van der Waals surface area contributed by atoms with Crippen LogP contribution in [0.3, 0.4) is 0 Å². The number of carboxylic acid groups (broad SMARTS) is 1. The van der Waals surface area contributed by atoms with Crippen LogP contribution in [0.4, 0.5) is 0 Å². The summed E-state index contributed by atoms with van der Waals surface area (Å²) in [4.78, 5) is 35.0. The molecule has 154 valence electrons. The lowest BCUT2D eigenvalue weighted by Crippen LogP contribution is -2.50. The number of methoxy groups -OCH3 is 1. The fourth-order valence-corrected chi connectivity index (χ4v) is 6.03. The first kappa shape index (κ1) is 22.0. The van der Waals surface area contributed by atoms with Crippen LogP contribution < -0.4 is 11.1 Å². The summed E-state index contributed by atoms with van der Waals surface area (Å²) < 4.78 is 4.83. The summed E-state index contributed by atoms with van der Waals surface area (Å²) in [5.41, 5.74) is 5.61. The summed E-state index contributed by atoms with van der Waals surface area (Å²) in [6.07, 6.45) is 9.59. The van der Waals surface area contributed by atoms with Crippen LogP contribution in [0.2, 0.25) is 0 Å². The van der Waals surface area contributed by atoms with E-state index in [0.29, 0.717) is 22.8 Å². The number of rotatable bonds is 10. The molecule has 27 heavy (non-hydrogen) atoms. The lowest BCUT2D eigenvalue weighted by molar-refractivity contribution is -0.144. The van der Waals surface area contributed by atoms with Gasteiger partial charge in [0.25, 0.3) is 0 Å². The molecule has 7 nitrogen and oxygen atoms in total. The summed E-state index contributed by atoms with van der Waals surface area (Å²) in [6.45, 7) is 0. The van der Waals surface area contributed by atoms with Crippen molar-refractivity contribution in [2.75, 3.05) is 12.9 Å². The molecule has 0 bridgehead atoms. The van der Waals surface area contributed by atoms with Crippen LogP contribution >= 0.6 is 11.8 Å². The lowest BCUT2D eigenvalue weighted by atomic mass is 9.91. The molecule has 2 aliphatic rings. The maximum absolute atomic E-state index is 12.1. The van der Waals surface area contributed by atoms with Crippen molar-refractivity contribution in [2.45, 2.75) is 75.1 Å². The topological polar surface area (TPSA) is 119 Å². The average molecular weight is 401 g/mol. The first-order chi connectivity index (χ1) is 12.9. The molecular formula is C19H32N2O5S. The Hall–Kier alpha value is -1.28. The molecule has 8 heteroatoms. The van der Waals surface area contributed by atoms with Crippen LogP contribution in [-0.4, -0.2) is 53.1 Å². The maximum Gasteiger partial charge on any atom is 0.329 e. The molecule has 2 atom stereocenters. The summed E-state index contributed by atoms with van der Waals surface area (Å²) in [5, 5.41) is 11.9. The molecule has 0 unspecified atom stereocenters. The number of aliphatic carboxylic acids is 1. The zero-order valence-corrected chi connectivity index (χ0v) is 16.8. The Morgan fingerprint density at radius 3 is 2.07 bits per heavy atom. The van der Waals surface area contributed by atoms with E-state index in [1.807, 2.05) is 0 Å². The van der Waals surface area contributed by atoms with Crippen molar-refractivity contribution in [2.24, 2.45) is 17.6 Å². The van der Waals surface area contributed by atoms with Gasteiger partial charge in [-0.3, -0.25) is 9.59 Å². The zero-order valence-electron chi connectivity index (χ0n) is 16.0. The number of esters is 1. The van der Waals surface area contributed by atoms with Gasteiger partial charge in [-0.2, -0.15) is 11.8 Å². The predicted molar refractivity (Wildman–Crippen MR) is 104 cm³/mol. The van der Waals surface area contributed by atoms with Crippen molar-refractivity contribution in [1.29, 1.82) is 0 Å². The summed E-state index contributed by atoms with van der Waals surface area (Å²) in [7, 11) is 1.29. The number of hydrogen-bond donors (Lipinski definition) is 3. The minimum atomic E-state index is -1.18. The SMILES string of the molecule is COC(=O)[C@H](CSC(C1CCCC1)C1CCCC1)NC(=O)[C@@H](N)CC(=O)O. The molecular weight excluding hydrogens is 368 g/mol. The van der Waals surface area contributed by atoms with Gasteiger partial charge < -0.3 is 20.9 Å². The molecule has 2 fully saturated rings. The third kappa shape index (κ3) is 6.68. The van der Waals surface area contributed by atoms with Gasteiger partial charge in [-0.1, -0.05) is 25.7 Å². The highest BCUT2D eigenvalue weighted by Gasteiger charge is 2.35. The molecule has 0 aliphatic heterocycles. The molecule has 0 saturated heterocycles.